The fourth-order valence-electron chi connectivity index (χ4n) is 1.07. The molecule has 2 rings (SSSR count). The second-order valence-electron chi connectivity index (χ2n) is 2.23. The number of hydrogen-bond donors (Lipinski definition) is 0. The van der Waals surface area contributed by atoms with E-state index in [0.717, 1.165) is 0 Å². The van der Waals surface area contributed by atoms with Crippen LogP contribution in [0.1, 0.15) is 0 Å². The van der Waals surface area contributed by atoms with Crippen molar-refractivity contribution in [3.8, 4) is 0 Å². The minimum absolute atomic E-state index is 0. The van der Waals surface area contributed by atoms with Crippen LogP contribution in [0.4, 0.5) is 0 Å². The van der Waals surface area contributed by atoms with E-state index >= 15 is 0 Å². The van der Waals surface area contributed by atoms with E-state index in [1.807, 2.05) is 0 Å². The fourth-order valence-corrected chi connectivity index (χ4v) is 1.07. The van der Waals surface area contributed by atoms with Crippen molar-refractivity contribution in [3.63, 3.8) is 0 Å². The third-order valence-corrected chi connectivity index (χ3v) is 1.55. The second kappa shape index (κ2) is 8.09. The molecule has 13 heavy (non-hydrogen) atoms. The Hall–Kier alpha value is 0.752. The Morgan fingerprint density at radius 2 is 1.69 bits per heavy atom. The zero-order valence-corrected chi connectivity index (χ0v) is 13.1. The predicted molar refractivity (Wildman–Crippen MR) is 51.2 cm³/mol. The van der Waals surface area contributed by atoms with E-state index in [2.05, 4.69) is 42.5 Å². The van der Waals surface area contributed by atoms with Gasteiger partial charge in [0.1, 0.15) is 0 Å². The van der Waals surface area contributed by atoms with Gasteiger partial charge in [-0.3, -0.25) is 0 Å². The molecule has 0 fully saturated rings. The van der Waals surface area contributed by atoms with E-state index in [-0.39, 0.29) is 12.4 Å². The molecular weight excluding hydrogens is 452 g/mol. The minimum atomic E-state index is -1.06. The molecule has 0 aromatic heterocycles. The van der Waals surface area contributed by atoms with Crippen molar-refractivity contribution in [2.24, 2.45) is 0 Å². The molecule has 0 aliphatic carbocycles. The summed E-state index contributed by atoms with van der Waals surface area (Å²) in [5.74, 6) is 0. The van der Waals surface area contributed by atoms with Gasteiger partial charge in [0, 0.05) is 0 Å². The van der Waals surface area contributed by atoms with Gasteiger partial charge < -0.3 is 12.4 Å². The molecular formula is C9H7Cl3U-2. The van der Waals surface area contributed by atoms with Crippen LogP contribution in [0.5, 0.6) is 0 Å². The molecule has 0 aliphatic heterocycles. The van der Waals surface area contributed by atoms with Crippen LogP contribution in [0.3, 0.4) is 0 Å². The summed E-state index contributed by atoms with van der Waals surface area (Å²) in [4.78, 5) is 0. The normalized spacial score (nSPS) is 7.85. The van der Waals surface area contributed by atoms with Crippen molar-refractivity contribution in [2.75, 3.05) is 0 Å². The molecule has 0 N–H and O–H groups in total. The smallest absolute Gasteiger partial charge is 0.0809 e. The first kappa shape index (κ1) is 13.8. The van der Waals surface area contributed by atoms with Crippen molar-refractivity contribution < 1.29 is 37.5 Å². The number of benzene rings is 1. The van der Waals surface area contributed by atoms with Gasteiger partial charge in [-0.15, -0.1) is 29.7 Å². The summed E-state index contributed by atoms with van der Waals surface area (Å²) >= 11 is -1.06. The molecule has 0 atom stereocenters. The van der Waals surface area contributed by atoms with Gasteiger partial charge >= 0.3 is 40.3 Å². The molecule has 2 aromatic rings. The van der Waals surface area contributed by atoms with E-state index < -0.39 is 25.1 Å². The first-order valence-electron chi connectivity index (χ1n) is 3.45. The van der Waals surface area contributed by atoms with E-state index in [4.69, 9.17) is 15.2 Å². The Balaban J connectivity index is 0.000000324. The van der Waals surface area contributed by atoms with Crippen LogP contribution in [0.15, 0.2) is 42.5 Å². The Morgan fingerprint density at radius 3 is 2.31 bits per heavy atom. The summed E-state index contributed by atoms with van der Waals surface area (Å²) in [5, 5.41) is 2.66. The third-order valence-electron chi connectivity index (χ3n) is 1.55. The van der Waals surface area contributed by atoms with Crippen LogP contribution in [0.25, 0.3) is 10.8 Å². The second-order valence-corrected chi connectivity index (χ2v) is 8.15. The minimum Gasteiger partial charge on any atom is -0.168 e. The van der Waals surface area contributed by atoms with Gasteiger partial charge in [0.25, 0.3) is 0 Å². The monoisotopic (exact) mass is 458 g/mol. The number of halogens is 3. The van der Waals surface area contributed by atoms with Crippen LogP contribution in [0, 0.1) is 25.1 Å². The summed E-state index contributed by atoms with van der Waals surface area (Å²) in [6, 6.07) is 14.7. The van der Waals surface area contributed by atoms with E-state index in [0.29, 0.717) is 0 Å². The third kappa shape index (κ3) is 4.68. The van der Waals surface area contributed by atoms with Crippen molar-refractivity contribution in [2.45, 2.75) is 0 Å². The van der Waals surface area contributed by atoms with E-state index in [1.54, 1.807) is 0 Å². The number of hydrogen-bond acceptors (Lipinski definition) is 0. The summed E-state index contributed by atoms with van der Waals surface area (Å²) in [5.41, 5.74) is 0. The predicted octanol–water partition coefficient (Wildman–Crippen LogP) is 0.942. The molecule has 2 aromatic carbocycles. The van der Waals surface area contributed by atoms with E-state index in [1.165, 1.54) is 10.8 Å². The Morgan fingerprint density at radius 1 is 1.08 bits per heavy atom. The summed E-state index contributed by atoms with van der Waals surface area (Å²) in [6.07, 6.45) is 0. The van der Waals surface area contributed by atoms with Gasteiger partial charge in [-0.25, -0.2) is 0 Å². The van der Waals surface area contributed by atoms with Gasteiger partial charge in [-0.05, 0) is 0 Å². The molecule has 0 radical (unpaired) electrons. The van der Waals surface area contributed by atoms with Gasteiger partial charge in [0.2, 0.25) is 0 Å². The molecule has 0 bridgehead atoms. The van der Waals surface area contributed by atoms with Gasteiger partial charge in [0.05, 0.1) is 0 Å². The van der Waals surface area contributed by atoms with Crippen LogP contribution in [-0.4, -0.2) is 0 Å². The number of fused-ring (bicyclic) bond motifs is 1. The van der Waals surface area contributed by atoms with Crippen LogP contribution < -0.4 is 12.4 Å². The largest absolute Gasteiger partial charge is 0.168 e. The average Bonchev–Trinajstić information content (AvgIpc) is 2.52. The van der Waals surface area contributed by atoms with Gasteiger partial charge in [-0.2, -0.15) is 17.5 Å². The maximum absolute atomic E-state index is 4.97. The fraction of sp³-hybridized carbons (Fsp3) is 0. The summed E-state index contributed by atoms with van der Waals surface area (Å²) in [6.45, 7) is 0. The zero-order valence-electron chi connectivity index (χ0n) is 6.68. The van der Waals surface area contributed by atoms with Crippen LogP contribution in [0.2, 0.25) is 0 Å². The molecule has 4 heteroatoms. The average molecular weight is 460 g/mol. The molecule has 0 saturated heterocycles. The Labute approximate surface area is 105 Å². The molecule has 0 unspecified atom stereocenters. The standard InChI is InChI=1S/C9H7.3ClH.U/c1-2-5-9-7-3-6-8(9)4-1;;;;/h1-7H;3*1H;/q-1;;;;+2/p-3. The van der Waals surface area contributed by atoms with Crippen molar-refractivity contribution in [3.05, 3.63) is 42.5 Å². The van der Waals surface area contributed by atoms with Crippen LogP contribution in [-0.2, 0) is 0 Å². The first-order valence-corrected chi connectivity index (χ1v) is 13.6. The van der Waals surface area contributed by atoms with E-state index in [9.17, 15) is 0 Å². The summed E-state index contributed by atoms with van der Waals surface area (Å²) < 4.78 is 0. The van der Waals surface area contributed by atoms with Crippen molar-refractivity contribution >= 4 is 26.0 Å². The molecule has 0 spiro atoms. The van der Waals surface area contributed by atoms with Crippen LogP contribution >= 0.6 is 15.2 Å². The molecule has 0 heterocycles. The maximum atomic E-state index is 4.97. The summed E-state index contributed by atoms with van der Waals surface area (Å²) in [7, 11) is 9.95. The van der Waals surface area contributed by atoms with Crippen molar-refractivity contribution in [1.82, 2.24) is 0 Å². The van der Waals surface area contributed by atoms with Crippen molar-refractivity contribution in [1.29, 1.82) is 0 Å². The number of rotatable bonds is 0. The molecule has 0 nitrogen and oxygen atoms in total. The Kier molecular flexibility index (Phi) is 8.56. The zero-order chi connectivity index (χ0) is 8.81. The molecule has 0 aliphatic rings. The molecule has 70 valence electrons. The van der Waals surface area contributed by atoms with Gasteiger partial charge in [-0.1, -0.05) is 6.07 Å². The quantitative estimate of drug-likeness (QED) is 0.515. The Bertz CT molecular complexity index is 302. The topological polar surface area (TPSA) is 0 Å². The molecule has 0 amide bonds. The van der Waals surface area contributed by atoms with Gasteiger partial charge in [0.15, 0.2) is 0 Å². The molecule has 0 saturated carbocycles. The maximum Gasteiger partial charge on any atom is -0.0809 e. The SMILES string of the molecule is [Cl-].[Cl][U][Cl].c1ccc2[cH-]ccc2c1. The first-order chi connectivity index (χ1) is 5.88.